The Bertz CT molecular complexity index is 1190. The molecule has 35 heavy (non-hydrogen) atoms. The highest BCUT2D eigenvalue weighted by atomic mass is 32.2. The van der Waals surface area contributed by atoms with Gasteiger partial charge in [0, 0.05) is 29.3 Å². The van der Waals surface area contributed by atoms with Crippen molar-refractivity contribution in [1.29, 1.82) is 0 Å². The van der Waals surface area contributed by atoms with Gasteiger partial charge >= 0.3 is 6.03 Å². The Kier molecular flexibility index (Phi) is 7.93. The molecule has 8 heteroatoms. The molecule has 0 saturated heterocycles. The van der Waals surface area contributed by atoms with Gasteiger partial charge in [-0.15, -0.1) is 11.8 Å². The lowest BCUT2D eigenvalue weighted by Crippen LogP contribution is -2.46. The van der Waals surface area contributed by atoms with Crippen LogP contribution in [0.25, 0.3) is 17.0 Å². The molecule has 1 N–H and O–H groups in total. The Balaban J connectivity index is 1.69. The van der Waals surface area contributed by atoms with E-state index in [0.717, 1.165) is 34.4 Å². The first kappa shape index (κ1) is 25.0. The van der Waals surface area contributed by atoms with Gasteiger partial charge < -0.3 is 14.6 Å². The quantitative estimate of drug-likeness (QED) is 0.288. The third-order valence-corrected chi connectivity index (χ3v) is 6.73. The highest BCUT2D eigenvalue weighted by Crippen LogP contribution is 2.37. The van der Waals surface area contributed by atoms with E-state index < -0.39 is 6.04 Å². The van der Waals surface area contributed by atoms with Gasteiger partial charge in [-0.05, 0) is 70.2 Å². The molecule has 0 saturated carbocycles. The summed E-state index contributed by atoms with van der Waals surface area (Å²) < 4.78 is 11.4. The Hall–Kier alpha value is -3.10. The number of nitrogens with one attached hydrogen (secondary N) is 1. The molecular formula is C27H32N4O3S. The molecule has 0 radical (unpaired) electrons. The molecule has 2 heterocycles. The number of aromatic nitrogens is 2. The largest absolute Gasteiger partial charge is 0.379 e. The summed E-state index contributed by atoms with van der Waals surface area (Å²) in [6, 6.07) is 15.6. The van der Waals surface area contributed by atoms with Gasteiger partial charge in [-0.2, -0.15) is 4.98 Å². The third-order valence-electron chi connectivity index (χ3n) is 5.99. The third kappa shape index (κ3) is 5.77. The number of nitrogens with zero attached hydrogens (tertiary/aromatic N) is 3. The molecular weight excluding hydrogens is 460 g/mol. The number of rotatable bonds is 9. The van der Waals surface area contributed by atoms with Crippen LogP contribution in [-0.4, -0.2) is 46.6 Å². The molecule has 0 aliphatic carbocycles. The molecule has 2 amide bonds. The summed E-state index contributed by atoms with van der Waals surface area (Å²) in [6.45, 7) is 9.11. The molecule has 184 valence electrons. The topological polar surface area (TPSA) is 80.5 Å². The standard InChI is InChI=1S/C27H32N4O3S/c1-17(2)33-16-6-15-31-19(4)23(24(28-27(31)32)20-9-7-18(3)8-10-20)26-29-25(30-34-26)21-11-13-22(35-5)14-12-21/h7-14,17,24H,6,15-16H2,1-5H3,(H,28,32). The van der Waals surface area contributed by atoms with Crippen molar-refractivity contribution in [2.75, 3.05) is 19.4 Å². The van der Waals surface area contributed by atoms with Crippen LogP contribution in [0.15, 0.2) is 63.6 Å². The number of ether oxygens (including phenoxy) is 1. The van der Waals surface area contributed by atoms with Crippen LogP contribution in [0.1, 0.15) is 50.3 Å². The van der Waals surface area contributed by atoms with Crippen molar-refractivity contribution < 1.29 is 14.1 Å². The Morgan fingerprint density at radius 3 is 2.49 bits per heavy atom. The first-order valence-corrected chi connectivity index (χ1v) is 13.1. The van der Waals surface area contributed by atoms with Crippen molar-refractivity contribution in [3.63, 3.8) is 0 Å². The van der Waals surface area contributed by atoms with E-state index in [9.17, 15) is 4.79 Å². The van der Waals surface area contributed by atoms with E-state index >= 15 is 0 Å². The highest BCUT2D eigenvalue weighted by Gasteiger charge is 2.35. The number of hydrogen-bond donors (Lipinski definition) is 1. The lowest BCUT2D eigenvalue weighted by atomic mass is 9.94. The van der Waals surface area contributed by atoms with Crippen LogP contribution in [-0.2, 0) is 4.74 Å². The summed E-state index contributed by atoms with van der Waals surface area (Å²) in [6.07, 6.45) is 2.92. The maximum atomic E-state index is 13.1. The second-order valence-corrected chi connectivity index (χ2v) is 9.75. The second-order valence-electron chi connectivity index (χ2n) is 8.87. The molecule has 1 aliphatic heterocycles. The van der Waals surface area contributed by atoms with Crippen LogP contribution >= 0.6 is 11.8 Å². The fraction of sp³-hybridized carbons (Fsp3) is 0.370. The number of carbonyl (C=O) groups excluding carboxylic acids is 1. The van der Waals surface area contributed by atoms with Crippen LogP contribution < -0.4 is 5.32 Å². The number of urea groups is 1. The zero-order valence-electron chi connectivity index (χ0n) is 20.9. The first-order chi connectivity index (χ1) is 16.9. The smallest absolute Gasteiger partial charge is 0.322 e. The molecule has 1 aliphatic rings. The minimum atomic E-state index is -0.390. The second kappa shape index (κ2) is 11.1. The fourth-order valence-corrected chi connectivity index (χ4v) is 4.48. The van der Waals surface area contributed by atoms with Crippen molar-refractivity contribution in [1.82, 2.24) is 20.4 Å². The van der Waals surface area contributed by atoms with Crippen LogP contribution in [0, 0.1) is 6.92 Å². The van der Waals surface area contributed by atoms with Gasteiger partial charge in [-0.1, -0.05) is 35.0 Å². The van der Waals surface area contributed by atoms with Crippen molar-refractivity contribution >= 4 is 23.4 Å². The van der Waals surface area contributed by atoms with Gasteiger partial charge in [0.15, 0.2) is 0 Å². The van der Waals surface area contributed by atoms with Gasteiger partial charge in [-0.25, -0.2) is 4.79 Å². The van der Waals surface area contributed by atoms with Gasteiger partial charge in [0.05, 0.1) is 17.7 Å². The van der Waals surface area contributed by atoms with E-state index in [2.05, 4.69) is 10.5 Å². The SMILES string of the molecule is CSc1ccc(-c2noc(C3=C(C)N(CCCOC(C)C)C(=O)NC3c3ccc(C)cc3)n2)cc1. The molecule has 1 unspecified atom stereocenters. The molecule has 0 fully saturated rings. The van der Waals surface area contributed by atoms with Gasteiger partial charge in [-0.3, -0.25) is 4.90 Å². The predicted molar refractivity (Wildman–Crippen MR) is 139 cm³/mol. The fourth-order valence-electron chi connectivity index (χ4n) is 4.07. The van der Waals surface area contributed by atoms with Gasteiger partial charge in [0.25, 0.3) is 5.89 Å². The monoisotopic (exact) mass is 492 g/mol. The minimum Gasteiger partial charge on any atom is -0.379 e. The Morgan fingerprint density at radius 1 is 1.11 bits per heavy atom. The van der Waals surface area contributed by atoms with Crippen LogP contribution in [0.4, 0.5) is 4.79 Å². The summed E-state index contributed by atoms with van der Waals surface area (Å²) in [7, 11) is 0. The van der Waals surface area contributed by atoms with Crippen molar-refractivity contribution in [3.8, 4) is 11.4 Å². The normalized spacial score (nSPS) is 16.2. The summed E-state index contributed by atoms with van der Waals surface area (Å²) >= 11 is 1.68. The van der Waals surface area contributed by atoms with E-state index in [0.29, 0.717) is 24.9 Å². The number of aryl methyl sites for hydroxylation is 1. The van der Waals surface area contributed by atoms with Gasteiger partial charge in [0.2, 0.25) is 5.82 Å². The zero-order valence-corrected chi connectivity index (χ0v) is 21.7. The molecule has 2 aromatic carbocycles. The molecule has 1 atom stereocenters. The molecule has 0 bridgehead atoms. The summed E-state index contributed by atoms with van der Waals surface area (Å²) in [4.78, 5) is 20.8. The lowest BCUT2D eigenvalue weighted by Gasteiger charge is -2.35. The first-order valence-electron chi connectivity index (χ1n) is 11.8. The minimum absolute atomic E-state index is 0.145. The maximum Gasteiger partial charge on any atom is 0.322 e. The maximum absolute atomic E-state index is 13.1. The zero-order chi connectivity index (χ0) is 24.9. The van der Waals surface area contributed by atoms with Gasteiger partial charge in [0.1, 0.15) is 0 Å². The predicted octanol–water partition coefficient (Wildman–Crippen LogP) is 6.08. The number of allylic oxidation sites excluding steroid dienone is 1. The Morgan fingerprint density at radius 2 is 1.83 bits per heavy atom. The van der Waals surface area contributed by atoms with Crippen molar-refractivity contribution in [2.24, 2.45) is 0 Å². The van der Waals surface area contributed by atoms with E-state index in [4.69, 9.17) is 14.2 Å². The molecule has 3 aromatic rings. The average Bonchev–Trinajstić information content (AvgIpc) is 3.33. The highest BCUT2D eigenvalue weighted by molar-refractivity contribution is 7.98. The van der Waals surface area contributed by atoms with Crippen molar-refractivity contribution in [3.05, 3.63) is 71.2 Å². The average molecular weight is 493 g/mol. The molecule has 4 rings (SSSR count). The van der Waals surface area contributed by atoms with Crippen molar-refractivity contribution in [2.45, 2.75) is 51.2 Å². The summed E-state index contributed by atoms with van der Waals surface area (Å²) in [5.74, 6) is 0.921. The van der Waals surface area contributed by atoms with Crippen LogP contribution in [0.3, 0.4) is 0 Å². The number of thioether (sulfide) groups is 1. The molecule has 0 spiro atoms. The summed E-state index contributed by atoms with van der Waals surface area (Å²) in [5, 5.41) is 7.41. The lowest BCUT2D eigenvalue weighted by molar-refractivity contribution is 0.0736. The number of hydrogen-bond acceptors (Lipinski definition) is 6. The van der Waals surface area contributed by atoms with E-state index in [1.165, 1.54) is 4.90 Å². The van der Waals surface area contributed by atoms with Crippen LogP contribution in [0.2, 0.25) is 0 Å². The van der Waals surface area contributed by atoms with E-state index in [-0.39, 0.29) is 12.1 Å². The number of amides is 2. The van der Waals surface area contributed by atoms with E-state index in [1.54, 1.807) is 16.7 Å². The number of carbonyl (C=O) groups is 1. The number of benzene rings is 2. The van der Waals surface area contributed by atoms with Crippen LogP contribution in [0.5, 0.6) is 0 Å². The Labute approximate surface area is 210 Å². The van der Waals surface area contributed by atoms with E-state index in [1.807, 2.05) is 82.5 Å². The molecule has 1 aromatic heterocycles. The molecule has 7 nitrogen and oxygen atoms in total. The summed E-state index contributed by atoms with van der Waals surface area (Å²) in [5.41, 5.74) is 4.60.